The van der Waals surface area contributed by atoms with Gasteiger partial charge in [-0.05, 0) is 12.1 Å². The van der Waals surface area contributed by atoms with E-state index >= 15 is 0 Å². The molecule has 0 spiro atoms. The molecular formula is C11H8ClNO2S. The molecule has 0 saturated heterocycles. The van der Waals surface area contributed by atoms with E-state index in [4.69, 9.17) is 10.7 Å². The summed E-state index contributed by atoms with van der Waals surface area (Å²) in [6, 6.07) is 12.6. The molecule has 0 aliphatic carbocycles. The van der Waals surface area contributed by atoms with E-state index in [-0.39, 0.29) is 4.90 Å². The molecular weight excluding hydrogens is 246 g/mol. The monoisotopic (exact) mass is 253 g/mol. The van der Waals surface area contributed by atoms with Gasteiger partial charge in [0.25, 0.3) is 9.05 Å². The molecule has 1 heterocycles. The lowest BCUT2D eigenvalue weighted by atomic mass is 10.1. The molecule has 2 rings (SSSR count). The van der Waals surface area contributed by atoms with Crippen LogP contribution < -0.4 is 0 Å². The maximum absolute atomic E-state index is 11.0. The summed E-state index contributed by atoms with van der Waals surface area (Å²) in [5.74, 6) is 0. The van der Waals surface area contributed by atoms with Crippen LogP contribution in [0.5, 0.6) is 0 Å². The highest BCUT2D eigenvalue weighted by Gasteiger charge is 2.10. The Morgan fingerprint density at radius 2 is 1.69 bits per heavy atom. The molecule has 0 radical (unpaired) electrons. The van der Waals surface area contributed by atoms with Crippen molar-refractivity contribution in [3.05, 3.63) is 48.7 Å². The zero-order chi connectivity index (χ0) is 11.6. The number of hydrogen-bond acceptors (Lipinski definition) is 3. The van der Waals surface area contributed by atoms with Gasteiger partial charge in [-0.1, -0.05) is 30.3 Å². The number of aromatic nitrogens is 1. The Bertz CT molecular complexity index is 579. The Labute approximate surface area is 98.1 Å². The second-order valence-corrected chi connectivity index (χ2v) is 5.75. The van der Waals surface area contributed by atoms with Crippen LogP contribution in [0.4, 0.5) is 0 Å². The number of hydrogen-bond donors (Lipinski definition) is 0. The van der Waals surface area contributed by atoms with Crippen molar-refractivity contribution in [2.45, 2.75) is 4.90 Å². The second kappa shape index (κ2) is 4.23. The van der Waals surface area contributed by atoms with Gasteiger partial charge >= 0.3 is 0 Å². The van der Waals surface area contributed by atoms with Crippen LogP contribution in [0.25, 0.3) is 11.3 Å². The third-order valence-corrected chi connectivity index (χ3v) is 3.43. The van der Waals surface area contributed by atoms with E-state index < -0.39 is 9.05 Å². The number of rotatable bonds is 2. The number of halogens is 1. The van der Waals surface area contributed by atoms with Crippen molar-refractivity contribution in [1.82, 2.24) is 4.98 Å². The van der Waals surface area contributed by atoms with Gasteiger partial charge in [-0.15, -0.1) is 0 Å². The summed E-state index contributed by atoms with van der Waals surface area (Å²) >= 11 is 0. The third-order valence-electron chi connectivity index (χ3n) is 2.09. The average molecular weight is 254 g/mol. The van der Waals surface area contributed by atoms with Crippen LogP contribution in [0.1, 0.15) is 0 Å². The van der Waals surface area contributed by atoms with Gasteiger partial charge in [0.05, 0.1) is 5.69 Å². The first-order valence-electron chi connectivity index (χ1n) is 4.53. The maximum Gasteiger partial charge on any atom is 0.262 e. The lowest BCUT2D eigenvalue weighted by Crippen LogP contribution is -1.92. The molecule has 0 saturated carbocycles. The minimum absolute atomic E-state index is 0.00819. The van der Waals surface area contributed by atoms with Gasteiger partial charge in [0.15, 0.2) is 0 Å². The van der Waals surface area contributed by atoms with E-state index in [1.54, 1.807) is 6.07 Å². The van der Waals surface area contributed by atoms with E-state index in [1.807, 2.05) is 30.3 Å². The summed E-state index contributed by atoms with van der Waals surface area (Å²) in [6.45, 7) is 0. The molecule has 82 valence electrons. The summed E-state index contributed by atoms with van der Waals surface area (Å²) in [7, 11) is 1.50. The molecule has 5 heteroatoms. The largest absolute Gasteiger partial charge is 0.262 e. The van der Waals surface area contributed by atoms with Gasteiger partial charge < -0.3 is 0 Å². The SMILES string of the molecule is O=S(=O)(Cl)c1ccc(-c2ccccc2)nc1. The molecule has 0 N–H and O–H groups in total. The van der Waals surface area contributed by atoms with Crippen LogP contribution in [0.3, 0.4) is 0 Å². The fraction of sp³-hybridized carbons (Fsp3) is 0. The van der Waals surface area contributed by atoms with Crippen LogP contribution in [0.2, 0.25) is 0 Å². The molecule has 0 fully saturated rings. The van der Waals surface area contributed by atoms with Crippen LogP contribution in [0.15, 0.2) is 53.6 Å². The summed E-state index contributed by atoms with van der Waals surface area (Å²) in [5.41, 5.74) is 1.64. The quantitative estimate of drug-likeness (QED) is 0.773. The molecule has 0 unspecified atom stereocenters. The molecule has 3 nitrogen and oxygen atoms in total. The van der Waals surface area contributed by atoms with E-state index in [0.717, 1.165) is 5.56 Å². The van der Waals surface area contributed by atoms with E-state index in [1.165, 1.54) is 12.3 Å². The number of pyridine rings is 1. The normalized spacial score (nSPS) is 11.3. The first-order valence-corrected chi connectivity index (χ1v) is 6.84. The molecule has 0 bridgehead atoms. The highest BCUT2D eigenvalue weighted by molar-refractivity contribution is 8.13. The molecule has 1 aromatic heterocycles. The van der Waals surface area contributed by atoms with Gasteiger partial charge in [0.1, 0.15) is 4.90 Å². The first-order chi connectivity index (χ1) is 7.57. The van der Waals surface area contributed by atoms with Crippen LogP contribution in [-0.2, 0) is 9.05 Å². The zero-order valence-electron chi connectivity index (χ0n) is 8.17. The van der Waals surface area contributed by atoms with Crippen molar-refractivity contribution in [1.29, 1.82) is 0 Å². The van der Waals surface area contributed by atoms with Gasteiger partial charge in [0.2, 0.25) is 0 Å². The van der Waals surface area contributed by atoms with Gasteiger partial charge in [-0.25, -0.2) is 8.42 Å². The Morgan fingerprint density at radius 3 is 2.19 bits per heavy atom. The van der Waals surface area contributed by atoms with Gasteiger partial charge in [-0.2, -0.15) is 0 Å². The van der Waals surface area contributed by atoms with Crippen LogP contribution in [0, 0.1) is 0 Å². The lowest BCUT2D eigenvalue weighted by molar-refractivity contribution is 0.609. The molecule has 0 atom stereocenters. The molecule has 0 aliphatic rings. The summed E-state index contributed by atoms with van der Waals surface area (Å²) < 4.78 is 22.0. The molecule has 0 aliphatic heterocycles. The van der Waals surface area contributed by atoms with Crippen molar-refractivity contribution in [2.24, 2.45) is 0 Å². The summed E-state index contributed by atoms with van der Waals surface area (Å²) in [6.07, 6.45) is 1.25. The van der Waals surface area contributed by atoms with Crippen molar-refractivity contribution < 1.29 is 8.42 Å². The van der Waals surface area contributed by atoms with Crippen molar-refractivity contribution in [3.63, 3.8) is 0 Å². The fourth-order valence-corrected chi connectivity index (χ4v) is 1.99. The third kappa shape index (κ3) is 2.40. The lowest BCUT2D eigenvalue weighted by Gasteiger charge is -2.00. The fourth-order valence-electron chi connectivity index (χ4n) is 1.30. The highest BCUT2D eigenvalue weighted by Crippen LogP contribution is 2.19. The molecule has 1 aromatic carbocycles. The minimum Gasteiger partial charge on any atom is -0.255 e. The standard InChI is InChI=1S/C11H8ClNO2S/c12-16(14,15)10-6-7-11(13-8-10)9-4-2-1-3-5-9/h1-8H. The second-order valence-electron chi connectivity index (χ2n) is 3.18. The van der Waals surface area contributed by atoms with Gasteiger partial charge in [-0.3, -0.25) is 4.98 Å². The van der Waals surface area contributed by atoms with Crippen LogP contribution in [-0.4, -0.2) is 13.4 Å². The Kier molecular flexibility index (Phi) is 2.94. The Morgan fingerprint density at radius 1 is 1.00 bits per heavy atom. The number of nitrogens with zero attached hydrogens (tertiary/aromatic N) is 1. The Hall–Kier alpha value is -1.39. The molecule has 16 heavy (non-hydrogen) atoms. The van der Waals surface area contributed by atoms with E-state index in [0.29, 0.717) is 5.69 Å². The van der Waals surface area contributed by atoms with Crippen LogP contribution >= 0.6 is 10.7 Å². The smallest absolute Gasteiger partial charge is 0.255 e. The highest BCUT2D eigenvalue weighted by atomic mass is 35.7. The van der Waals surface area contributed by atoms with Crippen molar-refractivity contribution >= 4 is 19.7 Å². The maximum atomic E-state index is 11.0. The predicted octanol–water partition coefficient (Wildman–Crippen LogP) is 2.68. The van der Waals surface area contributed by atoms with Crippen molar-refractivity contribution in [3.8, 4) is 11.3 Å². The summed E-state index contributed by atoms with van der Waals surface area (Å²) in [4.78, 5) is 4.06. The molecule has 0 amide bonds. The van der Waals surface area contributed by atoms with Gasteiger partial charge in [0, 0.05) is 22.4 Å². The van der Waals surface area contributed by atoms with E-state index in [9.17, 15) is 8.42 Å². The minimum atomic E-state index is -3.69. The van der Waals surface area contributed by atoms with E-state index in [2.05, 4.69) is 4.98 Å². The first kappa shape index (κ1) is 11.1. The predicted molar refractivity (Wildman–Crippen MR) is 62.7 cm³/mol. The average Bonchev–Trinajstić information content (AvgIpc) is 2.29. The Balaban J connectivity index is 2.41. The number of benzene rings is 1. The topological polar surface area (TPSA) is 47.0 Å². The molecule has 2 aromatic rings. The summed E-state index contributed by atoms with van der Waals surface area (Å²) in [5, 5.41) is 0. The zero-order valence-corrected chi connectivity index (χ0v) is 9.74. The van der Waals surface area contributed by atoms with Crippen molar-refractivity contribution in [2.75, 3.05) is 0 Å².